The van der Waals surface area contributed by atoms with Gasteiger partial charge in [-0.3, -0.25) is 9.69 Å². The van der Waals surface area contributed by atoms with Crippen LogP contribution in [0.15, 0.2) is 24.3 Å². The minimum atomic E-state index is 0.0308. The molecule has 0 unspecified atom stereocenters. The minimum absolute atomic E-state index is 0.0308. The van der Waals surface area contributed by atoms with Crippen LogP contribution in [0.25, 0.3) is 0 Å². The third-order valence-electron chi connectivity index (χ3n) is 6.30. The number of hydrogen-bond donors (Lipinski definition) is 1. The summed E-state index contributed by atoms with van der Waals surface area (Å²) in [5.41, 5.74) is 1.21. The molecule has 6 nitrogen and oxygen atoms in total. The molecule has 29 heavy (non-hydrogen) atoms. The maximum Gasteiger partial charge on any atom is 0.246 e. The van der Waals surface area contributed by atoms with Crippen molar-refractivity contribution < 1.29 is 14.3 Å². The van der Waals surface area contributed by atoms with Crippen LogP contribution >= 0.6 is 0 Å². The smallest absolute Gasteiger partial charge is 0.246 e. The van der Waals surface area contributed by atoms with E-state index in [0.717, 1.165) is 50.7 Å². The van der Waals surface area contributed by atoms with Crippen molar-refractivity contribution in [1.29, 1.82) is 0 Å². The van der Waals surface area contributed by atoms with Gasteiger partial charge < -0.3 is 19.7 Å². The molecular weight excluding hydrogens is 366 g/mol. The van der Waals surface area contributed by atoms with Crippen molar-refractivity contribution in [3.8, 4) is 5.75 Å². The molecule has 1 N–H and O–H groups in total. The second kappa shape index (κ2) is 11.4. The van der Waals surface area contributed by atoms with Gasteiger partial charge in [-0.15, -0.1) is 0 Å². The summed E-state index contributed by atoms with van der Waals surface area (Å²) in [7, 11) is 1.74. The summed E-state index contributed by atoms with van der Waals surface area (Å²) in [4.78, 5) is 16.8. The van der Waals surface area contributed by atoms with Crippen molar-refractivity contribution in [2.75, 3.05) is 57.9 Å². The molecule has 1 aliphatic carbocycles. The summed E-state index contributed by atoms with van der Waals surface area (Å²) >= 11 is 0. The van der Waals surface area contributed by atoms with Gasteiger partial charge in [0.05, 0.1) is 12.8 Å². The standard InChI is InChI=1S/C23H37N3O3/c1-3-29-18-23(27)24-20-10-8-19(9-11-20)12-13-25-14-16-26(17-15-25)21-6-4-5-7-22(21)28-2/h4-7,19-20H,3,8-18H2,1-2H3,(H,24,27). The van der Waals surface area contributed by atoms with Crippen LogP contribution in [0.4, 0.5) is 5.69 Å². The van der Waals surface area contributed by atoms with Gasteiger partial charge in [0.2, 0.25) is 5.91 Å². The summed E-state index contributed by atoms with van der Waals surface area (Å²) < 4.78 is 10.7. The van der Waals surface area contributed by atoms with E-state index < -0.39 is 0 Å². The van der Waals surface area contributed by atoms with Gasteiger partial charge in [0.1, 0.15) is 12.4 Å². The lowest BCUT2D eigenvalue weighted by atomic mass is 9.84. The summed E-state index contributed by atoms with van der Waals surface area (Å²) in [6, 6.07) is 8.64. The van der Waals surface area contributed by atoms with E-state index in [-0.39, 0.29) is 12.5 Å². The number of carbonyl (C=O) groups is 1. The average molecular weight is 404 g/mol. The highest BCUT2D eigenvalue weighted by molar-refractivity contribution is 5.77. The predicted octanol–water partition coefficient (Wildman–Crippen LogP) is 2.92. The zero-order valence-electron chi connectivity index (χ0n) is 18.1. The Bertz CT molecular complexity index is 624. The first-order chi connectivity index (χ1) is 14.2. The molecular formula is C23H37N3O3. The van der Waals surface area contributed by atoms with E-state index >= 15 is 0 Å². The van der Waals surface area contributed by atoms with E-state index in [0.29, 0.717) is 12.6 Å². The Morgan fingerprint density at radius 1 is 1.10 bits per heavy atom. The number of carbonyl (C=O) groups excluding carboxylic acids is 1. The van der Waals surface area contributed by atoms with E-state index in [1.165, 1.54) is 31.5 Å². The Morgan fingerprint density at radius 2 is 1.83 bits per heavy atom. The lowest BCUT2D eigenvalue weighted by Gasteiger charge is -2.37. The topological polar surface area (TPSA) is 54.0 Å². The van der Waals surface area contributed by atoms with Crippen molar-refractivity contribution in [2.24, 2.45) is 5.92 Å². The highest BCUT2D eigenvalue weighted by atomic mass is 16.5. The van der Waals surface area contributed by atoms with Crippen LogP contribution in [-0.2, 0) is 9.53 Å². The monoisotopic (exact) mass is 403 g/mol. The number of rotatable bonds is 9. The fourth-order valence-corrected chi connectivity index (χ4v) is 4.53. The van der Waals surface area contributed by atoms with Gasteiger partial charge in [-0.1, -0.05) is 12.1 Å². The quantitative estimate of drug-likeness (QED) is 0.687. The lowest BCUT2D eigenvalue weighted by molar-refractivity contribution is -0.126. The van der Waals surface area contributed by atoms with Crippen molar-refractivity contribution in [3.63, 3.8) is 0 Å². The molecule has 6 heteroatoms. The molecule has 2 aliphatic rings. The fraction of sp³-hybridized carbons (Fsp3) is 0.696. The first kappa shape index (κ1) is 21.9. The molecule has 0 atom stereocenters. The number of amides is 1. The van der Waals surface area contributed by atoms with Crippen LogP contribution in [0.5, 0.6) is 5.75 Å². The summed E-state index contributed by atoms with van der Waals surface area (Å²) in [6.45, 7) is 8.22. The number of benzene rings is 1. The van der Waals surface area contributed by atoms with E-state index in [1.54, 1.807) is 7.11 Å². The highest BCUT2D eigenvalue weighted by Crippen LogP contribution is 2.29. The Balaban J connectivity index is 1.33. The van der Waals surface area contributed by atoms with Crippen LogP contribution in [0, 0.1) is 5.92 Å². The molecule has 162 valence electrons. The number of para-hydroxylation sites is 2. The van der Waals surface area contributed by atoms with E-state index in [2.05, 4.69) is 27.2 Å². The Hall–Kier alpha value is -1.79. The van der Waals surface area contributed by atoms with E-state index in [9.17, 15) is 4.79 Å². The molecule has 1 aromatic carbocycles. The summed E-state index contributed by atoms with van der Waals surface area (Å²) in [6.07, 6.45) is 5.92. The second-order valence-electron chi connectivity index (χ2n) is 8.21. The molecule has 0 bridgehead atoms. The van der Waals surface area contributed by atoms with E-state index in [4.69, 9.17) is 9.47 Å². The van der Waals surface area contributed by atoms with Crippen molar-refractivity contribution in [1.82, 2.24) is 10.2 Å². The Morgan fingerprint density at radius 3 is 2.52 bits per heavy atom. The highest BCUT2D eigenvalue weighted by Gasteiger charge is 2.24. The van der Waals surface area contributed by atoms with Gasteiger partial charge in [0.15, 0.2) is 0 Å². The van der Waals surface area contributed by atoms with Crippen LogP contribution in [-0.4, -0.2) is 69.9 Å². The number of nitrogens with zero attached hydrogens (tertiary/aromatic N) is 2. The number of anilines is 1. The number of ether oxygens (including phenoxy) is 2. The molecule has 0 spiro atoms. The van der Waals surface area contributed by atoms with Crippen LogP contribution in [0.2, 0.25) is 0 Å². The third kappa shape index (κ3) is 6.61. The van der Waals surface area contributed by atoms with Crippen LogP contribution in [0.1, 0.15) is 39.0 Å². The average Bonchev–Trinajstić information content (AvgIpc) is 2.77. The minimum Gasteiger partial charge on any atom is -0.495 e. The maximum absolute atomic E-state index is 11.8. The largest absolute Gasteiger partial charge is 0.495 e. The van der Waals surface area contributed by atoms with Gasteiger partial charge in [-0.05, 0) is 63.6 Å². The summed E-state index contributed by atoms with van der Waals surface area (Å²) in [5, 5.41) is 3.12. The van der Waals surface area contributed by atoms with Gasteiger partial charge in [-0.2, -0.15) is 0 Å². The SMILES string of the molecule is CCOCC(=O)NC1CCC(CCN2CCN(c3ccccc3OC)CC2)CC1. The first-order valence-electron chi connectivity index (χ1n) is 11.2. The molecule has 1 aliphatic heterocycles. The zero-order chi connectivity index (χ0) is 20.5. The predicted molar refractivity (Wildman–Crippen MR) is 117 cm³/mol. The molecule has 1 heterocycles. The lowest BCUT2D eigenvalue weighted by Crippen LogP contribution is -2.47. The normalized spacial score (nSPS) is 23.0. The fourth-order valence-electron chi connectivity index (χ4n) is 4.53. The van der Waals surface area contributed by atoms with Gasteiger partial charge in [0, 0.05) is 38.8 Å². The number of hydrogen-bond acceptors (Lipinski definition) is 5. The van der Waals surface area contributed by atoms with Gasteiger partial charge >= 0.3 is 0 Å². The van der Waals surface area contributed by atoms with Gasteiger partial charge in [-0.25, -0.2) is 0 Å². The second-order valence-corrected chi connectivity index (χ2v) is 8.21. The Labute approximate surface area is 175 Å². The van der Waals surface area contributed by atoms with Crippen LogP contribution in [0.3, 0.4) is 0 Å². The molecule has 1 aromatic rings. The summed E-state index contributed by atoms with van der Waals surface area (Å²) in [5.74, 6) is 1.79. The number of methoxy groups -OCH3 is 1. The Kier molecular flexibility index (Phi) is 8.62. The van der Waals surface area contributed by atoms with Crippen molar-refractivity contribution in [3.05, 3.63) is 24.3 Å². The maximum atomic E-state index is 11.8. The third-order valence-corrected chi connectivity index (χ3v) is 6.30. The molecule has 0 aromatic heterocycles. The first-order valence-corrected chi connectivity index (χ1v) is 11.2. The van der Waals surface area contributed by atoms with E-state index in [1.807, 2.05) is 19.1 Å². The molecule has 2 fully saturated rings. The van der Waals surface area contributed by atoms with Crippen molar-refractivity contribution >= 4 is 11.6 Å². The number of nitrogens with one attached hydrogen (secondary N) is 1. The molecule has 1 amide bonds. The van der Waals surface area contributed by atoms with Crippen molar-refractivity contribution in [2.45, 2.75) is 45.1 Å². The molecule has 3 rings (SSSR count). The molecule has 1 saturated carbocycles. The number of piperazine rings is 1. The molecule has 0 radical (unpaired) electrons. The van der Waals surface area contributed by atoms with Crippen LogP contribution < -0.4 is 15.0 Å². The zero-order valence-corrected chi connectivity index (χ0v) is 18.1. The van der Waals surface area contributed by atoms with Gasteiger partial charge in [0.25, 0.3) is 0 Å². The molecule has 1 saturated heterocycles.